The van der Waals surface area contributed by atoms with Gasteiger partial charge in [-0.15, -0.1) is 0 Å². The van der Waals surface area contributed by atoms with Crippen LogP contribution in [0, 0.1) is 6.92 Å². The molecular formula is C19H17NO. The molecule has 21 heavy (non-hydrogen) atoms. The molecule has 2 aromatic rings. The first-order chi connectivity index (χ1) is 10.2. The predicted octanol–water partition coefficient (Wildman–Crippen LogP) is 3.87. The van der Waals surface area contributed by atoms with Crippen molar-refractivity contribution in [1.82, 2.24) is 4.90 Å². The molecule has 0 radical (unpaired) electrons. The Bertz CT molecular complexity index is 760. The lowest BCUT2D eigenvalue weighted by Gasteiger charge is -2.34. The van der Waals surface area contributed by atoms with E-state index < -0.39 is 0 Å². The average molecular weight is 275 g/mol. The first-order valence-electron chi connectivity index (χ1n) is 7.39. The molecule has 2 aliphatic heterocycles. The number of carbonyl (C=O) groups excluding carboxylic acids is 1. The topological polar surface area (TPSA) is 20.3 Å². The molecule has 0 amide bonds. The lowest BCUT2D eigenvalue weighted by molar-refractivity contribution is -0.116. The van der Waals surface area contributed by atoms with Gasteiger partial charge in [-0.3, -0.25) is 4.79 Å². The van der Waals surface area contributed by atoms with Crippen LogP contribution in [-0.2, 0) is 11.3 Å². The van der Waals surface area contributed by atoms with E-state index in [4.69, 9.17) is 0 Å². The molecule has 0 saturated carbocycles. The van der Waals surface area contributed by atoms with Crippen LogP contribution in [0.25, 0.3) is 5.70 Å². The largest absolute Gasteiger partial charge is 0.359 e. The van der Waals surface area contributed by atoms with Gasteiger partial charge in [-0.05, 0) is 23.6 Å². The number of ketones is 1. The zero-order valence-electron chi connectivity index (χ0n) is 12.0. The summed E-state index contributed by atoms with van der Waals surface area (Å²) < 4.78 is 0. The van der Waals surface area contributed by atoms with Crippen molar-refractivity contribution in [3.05, 3.63) is 76.9 Å². The molecule has 2 nitrogen and oxygen atoms in total. The highest BCUT2D eigenvalue weighted by Gasteiger charge is 2.35. The Hall–Kier alpha value is -2.35. The van der Waals surface area contributed by atoms with E-state index >= 15 is 0 Å². The molecule has 0 bridgehead atoms. The molecule has 2 aromatic carbocycles. The number of hydrogen-bond acceptors (Lipinski definition) is 2. The third-order valence-corrected chi connectivity index (χ3v) is 4.56. The van der Waals surface area contributed by atoms with E-state index in [1.807, 2.05) is 12.1 Å². The summed E-state index contributed by atoms with van der Waals surface area (Å²) in [6.45, 7) is 3.02. The minimum absolute atomic E-state index is 0.158. The maximum Gasteiger partial charge on any atom is 0.160 e. The van der Waals surface area contributed by atoms with Crippen molar-refractivity contribution >= 4 is 11.5 Å². The Labute approximate surface area is 124 Å². The molecule has 0 aromatic heterocycles. The predicted molar refractivity (Wildman–Crippen MR) is 83.5 cm³/mol. The second kappa shape index (κ2) is 4.59. The van der Waals surface area contributed by atoms with E-state index in [0.717, 1.165) is 12.2 Å². The number of benzene rings is 2. The second-order valence-corrected chi connectivity index (χ2v) is 5.86. The smallest absolute Gasteiger partial charge is 0.160 e. The lowest BCUT2D eigenvalue weighted by Crippen LogP contribution is -2.29. The molecule has 0 saturated heterocycles. The molecule has 104 valence electrons. The van der Waals surface area contributed by atoms with Gasteiger partial charge < -0.3 is 4.90 Å². The maximum absolute atomic E-state index is 12.2. The quantitative estimate of drug-likeness (QED) is 0.787. The van der Waals surface area contributed by atoms with E-state index in [2.05, 4.69) is 54.3 Å². The zero-order valence-corrected chi connectivity index (χ0v) is 12.0. The van der Waals surface area contributed by atoms with Gasteiger partial charge >= 0.3 is 0 Å². The van der Waals surface area contributed by atoms with Gasteiger partial charge in [0.1, 0.15) is 0 Å². The Morgan fingerprint density at radius 1 is 1.05 bits per heavy atom. The van der Waals surface area contributed by atoms with E-state index in [1.165, 1.54) is 22.3 Å². The van der Waals surface area contributed by atoms with Crippen LogP contribution in [0.3, 0.4) is 0 Å². The summed E-state index contributed by atoms with van der Waals surface area (Å²) in [5.41, 5.74) is 6.15. The van der Waals surface area contributed by atoms with Gasteiger partial charge in [-0.25, -0.2) is 0 Å². The van der Waals surface area contributed by atoms with Gasteiger partial charge in [-0.2, -0.15) is 0 Å². The molecule has 0 fully saturated rings. The average Bonchev–Trinajstić information content (AvgIpc) is 2.86. The standard InChI is InChI=1S/C19H17NO/c1-13-6-2-4-8-16(13)18-10-15(21)11-19-17-9-5-3-7-14(17)12-20(18)19/h2-9,11,18H,10,12H2,1H3/t18-/m0/s1. The summed E-state index contributed by atoms with van der Waals surface area (Å²) in [4.78, 5) is 14.6. The van der Waals surface area contributed by atoms with Crippen LogP contribution >= 0.6 is 0 Å². The highest BCUT2D eigenvalue weighted by Crippen LogP contribution is 2.43. The van der Waals surface area contributed by atoms with Crippen molar-refractivity contribution < 1.29 is 4.79 Å². The lowest BCUT2D eigenvalue weighted by atomic mass is 9.92. The number of nitrogens with zero attached hydrogens (tertiary/aromatic N) is 1. The van der Waals surface area contributed by atoms with E-state index in [0.29, 0.717) is 6.42 Å². The van der Waals surface area contributed by atoms with Gasteiger partial charge in [-0.1, -0.05) is 48.5 Å². The fourth-order valence-corrected chi connectivity index (χ4v) is 3.52. The summed E-state index contributed by atoms with van der Waals surface area (Å²) in [5, 5.41) is 0. The molecule has 0 unspecified atom stereocenters. The molecule has 0 N–H and O–H groups in total. The van der Waals surface area contributed by atoms with E-state index in [9.17, 15) is 4.79 Å². The summed E-state index contributed by atoms with van der Waals surface area (Å²) in [6, 6.07) is 17.0. The molecule has 2 aliphatic rings. The monoisotopic (exact) mass is 275 g/mol. The van der Waals surface area contributed by atoms with Crippen LogP contribution in [0.4, 0.5) is 0 Å². The Balaban J connectivity index is 1.83. The van der Waals surface area contributed by atoms with Gasteiger partial charge in [0.05, 0.1) is 6.04 Å². The number of aryl methyl sites for hydroxylation is 1. The molecule has 0 spiro atoms. The molecule has 0 aliphatic carbocycles. The Morgan fingerprint density at radius 2 is 1.81 bits per heavy atom. The fraction of sp³-hybridized carbons (Fsp3) is 0.211. The van der Waals surface area contributed by atoms with E-state index in [1.54, 1.807) is 0 Å². The number of allylic oxidation sites excluding steroid dienone is 1. The summed E-state index contributed by atoms with van der Waals surface area (Å²) in [7, 11) is 0. The highest BCUT2D eigenvalue weighted by atomic mass is 16.1. The fourth-order valence-electron chi connectivity index (χ4n) is 3.52. The minimum atomic E-state index is 0.158. The van der Waals surface area contributed by atoms with Crippen molar-refractivity contribution in [2.45, 2.75) is 25.9 Å². The van der Waals surface area contributed by atoms with E-state index in [-0.39, 0.29) is 11.8 Å². The van der Waals surface area contributed by atoms with Crippen LogP contribution in [0.15, 0.2) is 54.6 Å². The van der Waals surface area contributed by atoms with Gasteiger partial charge in [0, 0.05) is 30.3 Å². The molecule has 1 atom stereocenters. The number of carbonyl (C=O) groups is 1. The van der Waals surface area contributed by atoms with Crippen molar-refractivity contribution in [2.24, 2.45) is 0 Å². The first kappa shape index (κ1) is 12.4. The minimum Gasteiger partial charge on any atom is -0.359 e. The van der Waals surface area contributed by atoms with Crippen molar-refractivity contribution in [1.29, 1.82) is 0 Å². The van der Waals surface area contributed by atoms with Crippen molar-refractivity contribution in [2.75, 3.05) is 0 Å². The van der Waals surface area contributed by atoms with Crippen molar-refractivity contribution in [3.8, 4) is 0 Å². The molecule has 4 rings (SSSR count). The molecule has 2 heterocycles. The molecular weight excluding hydrogens is 258 g/mol. The molecule has 2 heteroatoms. The summed E-state index contributed by atoms with van der Waals surface area (Å²) >= 11 is 0. The van der Waals surface area contributed by atoms with Crippen LogP contribution in [0.5, 0.6) is 0 Å². The third kappa shape index (κ3) is 1.90. The Kier molecular flexibility index (Phi) is 2.71. The van der Waals surface area contributed by atoms with Crippen LogP contribution in [-0.4, -0.2) is 10.7 Å². The van der Waals surface area contributed by atoms with Crippen LogP contribution in [0.1, 0.15) is 34.7 Å². The second-order valence-electron chi connectivity index (χ2n) is 5.86. The van der Waals surface area contributed by atoms with Crippen molar-refractivity contribution in [3.63, 3.8) is 0 Å². The normalized spacial score (nSPS) is 20.0. The maximum atomic E-state index is 12.2. The van der Waals surface area contributed by atoms with Gasteiger partial charge in [0.2, 0.25) is 0 Å². The summed E-state index contributed by atoms with van der Waals surface area (Å²) in [6.07, 6.45) is 2.39. The number of hydrogen-bond donors (Lipinski definition) is 0. The Morgan fingerprint density at radius 3 is 2.67 bits per heavy atom. The summed E-state index contributed by atoms with van der Waals surface area (Å²) in [5.74, 6) is 0.228. The van der Waals surface area contributed by atoms with Gasteiger partial charge in [0.25, 0.3) is 0 Å². The van der Waals surface area contributed by atoms with Gasteiger partial charge in [0.15, 0.2) is 5.78 Å². The third-order valence-electron chi connectivity index (χ3n) is 4.56. The highest BCUT2D eigenvalue weighted by molar-refractivity contribution is 5.99. The number of rotatable bonds is 1. The number of fused-ring (bicyclic) bond motifs is 3. The van der Waals surface area contributed by atoms with Crippen LogP contribution < -0.4 is 0 Å². The zero-order chi connectivity index (χ0) is 14.4. The van der Waals surface area contributed by atoms with Crippen LogP contribution in [0.2, 0.25) is 0 Å². The first-order valence-corrected chi connectivity index (χ1v) is 7.39. The SMILES string of the molecule is Cc1ccccc1[C@@H]1CC(=O)C=C2c3ccccc3CN21.